The molecule has 8 heteroatoms. The zero-order valence-electron chi connectivity index (χ0n) is 15.4. The highest BCUT2D eigenvalue weighted by Gasteiger charge is 2.36. The molecule has 0 bridgehead atoms. The fourth-order valence-electron chi connectivity index (χ4n) is 2.77. The van der Waals surface area contributed by atoms with Crippen molar-refractivity contribution in [2.24, 2.45) is 0 Å². The van der Waals surface area contributed by atoms with Crippen LogP contribution in [0.4, 0.5) is 10.5 Å². The standard InChI is InChI=1S/C20H17IN2O5/c1-11-4-6-13(7-5-11)23-19(25)14(18(24)22-20(23)26)8-12-9-15(21)17(28-3)16(10-12)27-2/h4-10H,1-3H3,(H,22,24,26). The molecule has 0 saturated carbocycles. The third kappa shape index (κ3) is 3.72. The highest BCUT2D eigenvalue weighted by molar-refractivity contribution is 14.1. The number of benzene rings is 2. The number of amides is 4. The van der Waals surface area contributed by atoms with Crippen molar-refractivity contribution in [2.45, 2.75) is 6.92 Å². The fourth-order valence-corrected chi connectivity index (χ4v) is 3.62. The number of aryl methyl sites for hydroxylation is 1. The van der Waals surface area contributed by atoms with Crippen LogP contribution in [0.3, 0.4) is 0 Å². The first kappa shape index (κ1) is 19.9. The topological polar surface area (TPSA) is 84.9 Å². The number of anilines is 1. The van der Waals surface area contributed by atoms with Gasteiger partial charge in [-0.25, -0.2) is 9.69 Å². The Bertz CT molecular complexity index is 998. The molecule has 1 aliphatic rings. The van der Waals surface area contributed by atoms with Crippen molar-refractivity contribution in [3.63, 3.8) is 0 Å². The number of imide groups is 2. The molecule has 0 radical (unpaired) electrons. The van der Waals surface area contributed by atoms with Gasteiger partial charge in [-0.1, -0.05) is 17.7 Å². The number of rotatable bonds is 4. The summed E-state index contributed by atoms with van der Waals surface area (Å²) in [6, 6.07) is 9.50. The van der Waals surface area contributed by atoms with Crippen LogP contribution in [-0.2, 0) is 9.59 Å². The van der Waals surface area contributed by atoms with E-state index in [4.69, 9.17) is 9.47 Å². The summed E-state index contributed by atoms with van der Waals surface area (Å²) >= 11 is 2.08. The summed E-state index contributed by atoms with van der Waals surface area (Å²) in [6.07, 6.45) is 1.43. The van der Waals surface area contributed by atoms with Crippen molar-refractivity contribution in [3.05, 3.63) is 56.7 Å². The third-order valence-electron chi connectivity index (χ3n) is 4.16. The lowest BCUT2D eigenvalue weighted by atomic mass is 10.1. The van der Waals surface area contributed by atoms with Gasteiger partial charge < -0.3 is 9.47 Å². The molecule has 3 rings (SSSR count). The molecule has 4 amide bonds. The van der Waals surface area contributed by atoms with Gasteiger partial charge in [-0.2, -0.15) is 0 Å². The molecule has 1 heterocycles. The van der Waals surface area contributed by atoms with E-state index >= 15 is 0 Å². The SMILES string of the molecule is COc1cc(C=C2C(=O)NC(=O)N(c3ccc(C)cc3)C2=O)cc(I)c1OC. The Morgan fingerprint density at radius 1 is 1.04 bits per heavy atom. The first-order valence-electron chi connectivity index (χ1n) is 8.25. The highest BCUT2D eigenvalue weighted by atomic mass is 127. The second-order valence-electron chi connectivity index (χ2n) is 6.03. The maximum Gasteiger partial charge on any atom is 0.335 e. The maximum atomic E-state index is 12.9. The Morgan fingerprint density at radius 2 is 1.71 bits per heavy atom. The molecule has 1 N–H and O–H groups in total. The van der Waals surface area contributed by atoms with Crippen LogP contribution in [0.25, 0.3) is 6.08 Å². The smallest absolute Gasteiger partial charge is 0.335 e. The molecule has 0 atom stereocenters. The van der Waals surface area contributed by atoms with E-state index in [0.29, 0.717) is 22.7 Å². The largest absolute Gasteiger partial charge is 0.493 e. The lowest BCUT2D eigenvalue weighted by molar-refractivity contribution is -0.122. The monoisotopic (exact) mass is 492 g/mol. The number of carbonyl (C=O) groups is 3. The summed E-state index contributed by atoms with van der Waals surface area (Å²) in [4.78, 5) is 38.4. The molecule has 2 aromatic rings. The van der Waals surface area contributed by atoms with Gasteiger partial charge in [-0.05, 0) is 65.4 Å². The first-order valence-corrected chi connectivity index (χ1v) is 9.33. The van der Waals surface area contributed by atoms with Crippen LogP contribution in [0.15, 0.2) is 42.0 Å². The summed E-state index contributed by atoms with van der Waals surface area (Å²) in [7, 11) is 3.03. The Balaban J connectivity index is 2.04. The number of nitrogens with one attached hydrogen (secondary N) is 1. The maximum absolute atomic E-state index is 12.9. The van der Waals surface area contributed by atoms with Gasteiger partial charge in [0.1, 0.15) is 5.57 Å². The number of barbiturate groups is 1. The number of hydrogen-bond acceptors (Lipinski definition) is 5. The van der Waals surface area contributed by atoms with E-state index < -0.39 is 17.8 Å². The van der Waals surface area contributed by atoms with E-state index in [1.54, 1.807) is 36.4 Å². The quantitative estimate of drug-likeness (QED) is 0.403. The molecule has 144 valence electrons. The van der Waals surface area contributed by atoms with Crippen LogP contribution < -0.4 is 19.7 Å². The van der Waals surface area contributed by atoms with E-state index in [9.17, 15) is 14.4 Å². The van der Waals surface area contributed by atoms with Crippen LogP contribution >= 0.6 is 22.6 Å². The van der Waals surface area contributed by atoms with Crippen molar-refractivity contribution >= 4 is 52.2 Å². The van der Waals surface area contributed by atoms with Gasteiger partial charge in [0.05, 0.1) is 23.5 Å². The van der Waals surface area contributed by atoms with Gasteiger partial charge in [0.15, 0.2) is 11.5 Å². The molecule has 1 saturated heterocycles. The van der Waals surface area contributed by atoms with Crippen LogP contribution in [0.2, 0.25) is 0 Å². The minimum Gasteiger partial charge on any atom is -0.493 e. The number of nitrogens with zero attached hydrogens (tertiary/aromatic N) is 1. The van der Waals surface area contributed by atoms with E-state index in [1.807, 2.05) is 6.92 Å². The number of halogens is 1. The second kappa shape index (κ2) is 8.01. The normalized spacial score (nSPS) is 15.6. The van der Waals surface area contributed by atoms with Crippen LogP contribution in [0.5, 0.6) is 11.5 Å². The number of hydrogen-bond donors (Lipinski definition) is 1. The summed E-state index contributed by atoms with van der Waals surface area (Å²) < 4.78 is 11.4. The fraction of sp³-hybridized carbons (Fsp3) is 0.150. The second-order valence-corrected chi connectivity index (χ2v) is 7.19. The predicted molar refractivity (Wildman–Crippen MR) is 112 cm³/mol. The molecule has 1 fully saturated rings. The first-order chi connectivity index (χ1) is 13.3. The van der Waals surface area contributed by atoms with Crippen molar-refractivity contribution < 1.29 is 23.9 Å². The molecular weight excluding hydrogens is 475 g/mol. The summed E-state index contributed by atoms with van der Waals surface area (Å²) in [5.41, 5.74) is 1.79. The average Bonchev–Trinajstić information content (AvgIpc) is 2.66. The third-order valence-corrected chi connectivity index (χ3v) is 4.96. The Morgan fingerprint density at radius 3 is 2.32 bits per heavy atom. The van der Waals surface area contributed by atoms with Crippen molar-refractivity contribution in [1.82, 2.24) is 5.32 Å². The van der Waals surface area contributed by atoms with Crippen molar-refractivity contribution in [1.29, 1.82) is 0 Å². The average molecular weight is 492 g/mol. The molecule has 7 nitrogen and oxygen atoms in total. The lowest BCUT2D eigenvalue weighted by Crippen LogP contribution is -2.54. The number of methoxy groups -OCH3 is 2. The number of urea groups is 1. The molecule has 0 unspecified atom stereocenters. The van der Waals surface area contributed by atoms with Gasteiger partial charge >= 0.3 is 6.03 Å². The summed E-state index contributed by atoms with van der Waals surface area (Å²) in [5.74, 6) is -0.414. The Labute approximate surface area is 175 Å². The van der Waals surface area contributed by atoms with E-state index in [0.717, 1.165) is 14.0 Å². The Hall–Kier alpha value is -2.88. The number of ether oxygens (including phenoxy) is 2. The van der Waals surface area contributed by atoms with Gasteiger partial charge in [-0.15, -0.1) is 0 Å². The van der Waals surface area contributed by atoms with E-state index in [-0.39, 0.29) is 5.57 Å². The molecule has 0 spiro atoms. The highest BCUT2D eigenvalue weighted by Crippen LogP contribution is 2.34. The van der Waals surface area contributed by atoms with Crippen molar-refractivity contribution in [2.75, 3.05) is 19.1 Å². The molecule has 0 aromatic heterocycles. The molecule has 0 aliphatic carbocycles. The lowest BCUT2D eigenvalue weighted by Gasteiger charge is -2.26. The summed E-state index contributed by atoms with van der Waals surface area (Å²) in [6.45, 7) is 1.90. The van der Waals surface area contributed by atoms with Crippen LogP contribution in [0, 0.1) is 10.5 Å². The zero-order valence-corrected chi connectivity index (χ0v) is 17.6. The van der Waals surface area contributed by atoms with Crippen molar-refractivity contribution in [3.8, 4) is 11.5 Å². The summed E-state index contributed by atoms with van der Waals surface area (Å²) in [5, 5.41) is 2.21. The molecular formula is C20H17IN2O5. The minimum absolute atomic E-state index is 0.150. The Kier molecular flexibility index (Phi) is 5.68. The molecule has 2 aromatic carbocycles. The van der Waals surface area contributed by atoms with Crippen LogP contribution in [-0.4, -0.2) is 32.1 Å². The van der Waals surface area contributed by atoms with Gasteiger partial charge in [0, 0.05) is 0 Å². The van der Waals surface area contributed by atoms with Gasteiger partial charge in [0.2, 0.25) is 0 Å². The van der Waals surface area contributed by atoms with E-state index in [2.05, 4.69) is 27.9 Å². The predicted octanol–water partition coefficient (Wildman–Crippen LogP) is 3.28. The molecule has 28 heavy (non-hydrogen) atoms. The minimum atomic E-state index is -0.780. The molecule has 1 aliphatic heterocycles. The zero-order chi connectivity index (χ0) is 20.4. The van der Waals surface area contributed by atoms with Gasteiger partial charge in [0.25, 0.3) is 11.8 Å². The van der Waals surface area contributed by atoms with E-state index in [1.165, 1.54) is 20.3 Å². The number of carbonyl (C=O) groups excluding carboxylic acids is 3. The van der Waals surface area contributed by atoms with Gasteiger partial charge in [-0.3, -0.25) is 14.9 Å². The van der Waals surface area contributed by atoms with Crippen LogP contribution in [0.1, 0.15) is 11.1 Å².